The zero-order chi connectivity index (χ0) is 20.4. The molecule has 0 unspecified atom stereocenters. The van der Waals surface area contributed by atoms with Crippen LogP contribution >= 0.6 is 0 Å². The second-order valence-corrected chi connectivity index (χ2v) is 7.15. The molecule has 8 heteroatoms. The molecule has 2 atom stereocenters. The van der Waals surface area contributed by atoms with Crippen LogP contribution < -0.4 is 10.6 Å². The van der Waals surface area contributed by atoms with E-state index in [9.17, 15) is 14.4 Å². The van der Waals surface area contributed by atoms with Crippen LogP contribution in [0.1, 0.15) is 32.8 Å². The van der Waals surface area contributed by atoms with Crippen molar-refractivity contribution in [3.8, 4) is 0 Å². The minimum atomic E-state index is -1.26. The molecule has 1 aromatic carbocycles. The Morgan fingerprint density at radius 3 is 2.26 bits per heavy atom. The van der Waals surface area contributed by atoms with Crippen LogP contribution in [0.4, 0.5) is 4.79 Å². The van der Waals surface area contributed by atoms with E-state index in [-0.39, 0.29) is 12.6 Å². The van der Waals surface area contributed by atoms with E-state index >= 15 is 0 Å². The van der Waals surface area contributed by atoms with Gasteiger partial charge < -0.3 is 25.2 Å². The van der Waals surface area contributed by atoms with Crippen molar-refractivity contribution in [3.05, 3.63) is 35.9 Å². The first-order valence-corrected chi connectivity index (χ1v) is 8.65. The summed E-state index contributed by atoms with van der Waals surface area (Å²) in [5, 5.41) is 14.1. The molecular weight excluding hydrogens is 352 g/mol. The molecule has 150 valence electrons. The summed E-state index contributed by atoms with van der Waals surface area (Å²) in [6.45, 7) is 5.26. The van der Waals surface area contributed by atoms with Gasteiger partial charge in [-0.2, -0.15) is 0 Å². The van der Waals surface area contributed by atoms with Gasteiger partial charge >= 0.3 is 12.1 Å². The summed E-state index contributed by atoms with van der Waals surface area (Å²) in [5.41, 5.74) is 0.231. The third kappa shape index (κ3) is 9.60. The van der Waals surface area contributed by atoms with Crippen molar-refractivity contribution in [2.24, 2.45) is 0 Å². The number of methoxy groups -OCH3 is 1. The Morgan fingerprint density at radius 1 is 1.11 bits per heavy atom. The molecule has 2 amide bonds. The third-order valence-corrected chi connectivity index (χ3v) is 3.43. The molecule has 0 spiro atoms. The molecule has 0 aliphatic carbocycles. The lowest BCUT2D eigenvalue weighted by atomic mass is 10.1. The zero-order valence-corrected chi connectivity index (χ0v) is 16.2. The van der Waals surface area contributed by atoms with E-state index in [1.54, 1.807) is 20.8 Å². The van der Waals surface area contributed by atoms with Crippen LogP contribution in [-0.2, 0) is 25.5 Å². The smallest absolute Gasteiger partial charge is 0.408 e. The predicted octanol–water partition coefficient (Wildman–Crippen LogP) is 1.73. The molecule has 0 aromatic heterocycles. The minimum Gasteiger partial charge on any atom is -0.481 e. The number of hydrogen-bond donors (Lipinski definition) is 3. The maximum Gasteiger partial charge on any atom is 0.408 e. The lowest BCUT2D eigenvalue weighted by Gasteiger charge is -2.24. The van der Waals surface area contributed by atoms with Gasteiger partial charge in [0, 0.05) is 7.11 Å². The first-order chi connectivity index (χ1) is 12.6. The number of carboxylic acid groups (broad SMARTS) is 1. The highest BCUT2D eigenvalue weighted by Gasteiger charge is 2.28. The number of alkyl carbamates (subject to hydrolysis) is 1. The summed E-state index contributed by atoms with van der Waals surface area (Å²) in [7, 11) is 1.51. The molecule has 0 saturated carbocycles. The molecule has 0 aliphatic heterocycles. The number of amides is 2. The van der Waals surface area contributed by atoms with E-state index < -0.39 is 36.0 Å². The lowest BCUT2D eigenvalue weighted by molar-refractivity contribution is -0.140. The Hall–Kier alpha value is -2.61. The van der Waals surface area contributed by atoms with E-state index in [0.29, 0.717) is 6.42 Å². The Balaban J connectivity index is 2.79. The normalized spacial score (nSPS) is 13.3. The predicted molar refractivity (Wildman–Crippen MR) is 99.4 cm³/mol. The summed E-state index contributed by atoms with van der Waals surface area (Å²) in [6, 6.07) is 7.87. The van der Waals surface area contributed by atoms with Crippen molar-refractivity contribution < 1.29 is 29.0 Å². The summed E-state index contributed by atoms with van der Waals surface area (Å²) >= 11 is 0. The molecule has 0 bridgehead atoms. The van der Waals surface area contributed by atoms with Gasteiger partial charge in [0.15, 0.2) is 0 Å². The van der Waals surface area contributed by atoms with Crippen LogP contribution in [0.15, 0.2) is 30.3 Å². The number of carboxylic acids is 1. The van der Waals surface area contributed by atoms with Gasteiger partial charge in [-0.1, -0.05) is 30.3 Å². The first-order valence-electron chi connectivity index (χ1n) is 8.65. The van der Waals surface area contributed by atoms with E-state index in [0.717, 1.165) is 5.56 Å². The number of rotatable bonds is 9. The molecule has 3 N–H and O–H groups in total. The third-order valence-electron chi connectivity index (χ3n) is 3.43. The van der Waals surface area contributed by atoms with E-state index in [1.807, 2.05) is 30.3 Å². The Morgan fingerprint density at radius 2 is 1.74 bits per heavy atom. The van der Waals surface area contributed by atoms with Gasteiger partial charge in [0.1, 0.15) is 11.6 Å². The quantitative estimate of drug-likeness (QED) is 0.601. The van der Waals surface area contributed by atoms with Gasteiger partial charge in [-0.25, -0.2) is 4.79 Å². The number of carbonyl (C=O) groups is 3. The van der Waals surface area contributed by atoms with Gasteiger partial charge in [0.05, 0.1) is 19.1 Å². The highest BCUT2D eigenvalue weighted by Crippen LogP contribution is 2.08. The Bertz CT molecular complexity index is 627. The van der Waals surface area contributed by atoms with Crippen LogP contribution in [0.25, 0.3) is 0 Å². The highest BCUT2D eigenvalue weighted by molar-refractivity contribution is 5.89. The number of hydrogen-bond acceptors (Lipinski definition) is 5. The Kier molecular flexibility index (Phi) is 8.74. The zero-order valence-electron chi connectivity index (χ0n) is 16.2. The van der Waals surface area contributed by atoms with Crippen molar-refractivity contribution in [1.82, 2.24) is 10.6 Å². The fraction of sp³-hybridized carbons (Fsp3) is 0.526. The van der Waals surface area contributed by atoms with E-state index in [2.05, 4.69) is 10.6 Å². The van der Waals surface area contributed by atoms with Crippen molar-refractivity contribution in [3.63, 3.8) is 0 Å². The average Bonchev–Trinajstić information content (AvgIpc) is 2.53. The fourth-order valence-electron chi connectivity index (χ4n) is 2.39. The van der Waals surface area contributed by atoms with E-state index in [1.165, 1.54) is 7.11 Å². The molecule has 0 radical (unpaired) electrons. The summed E-state index contributed by atoms with van der Waals surface area (Å²) in [6.07, 6.45) is -0.904. The SMILES string of the molecule is COC[C@H](Cc1ccccc1)NC(=O)[C@@H](CC(=O)O)NC(=O)OC(C)(C)C. The largest absolute Gasteiger partial charge is 0.481 e. The van der Waals surface area contributed by atoms with Crippen LogP contribution in [0.5, 0.6) is 0 Å². The van der Waals surface area contributed by atoms with Crippen molar-refractivity contribution in [2.45, 2.75) is 51.3 Å². The average molecular weight is 380 g/mol. The second kappa shape index (κ2) is 10.5. The molecule has 1 rings (SSSR count). The maximum absolute atomic E-state index is 12.6. The van der Waals surface area contributed by atoms with Crippen LogP contribution in [0.2, 0.25) is 0 Å². The molecule has 0 aliphatic rings. The number of nitrogens with one attached hydrogen (secondary N) is 2. The highest BCUT2D eigenvalue weighted by atomic mass is 16.6. The fourth-order valence-corrected chi connectivity index (χ4v) is 2.39. The monoisotopic (exact) mass is 380 g/mol. The van der Waals surface area contributed by atoms with Crippen LogP contribution in [0, 0.1) is 0 Å². The molecule has 0 heterocycles. The number of aliphatic carboxylic acids is 1. The van der Waals surface area contributed by atoms with Gasteiger partial charge in [-0.15, -0.1) is 0 Å². The molecule has 1 aromatic rings. The summed E-state index contributed by atoms with van der Waals surface area (Å²) in [4.78, 5) is 35.6. The number of carbonyl (C=O) groups excluding carboxylic acids is 2. The van der Waals surface area contributed by atoms with Crippen LogP contribution in [0.3, 0.4) is 0 Å². The molecule has 0 saturated heterocycles. The molecule has 8 nitrogen and oxygen atoms in total. The summed E-state index contributed by atoms with van der Waals surface area (Å²) in [5.74, 6) is -1.82. The van der Waals surface area contributed by atoms with Crippen molar-refractivity contribution in [2.75, 3.05) is 13.7 Å². The first kappa shape index (κ1) is 22.4. The topological polar surface area (TPSA) is 114 Å². The van der Waals surface area contributed by atoms with Crippen molar-refractivity contribution >= 4 is 18.0 Å². The molecule has 27 heavy (non-hydrogen) atoms. The van der Waals surface area contributed by atoms with Gasteiger partial charge in [0.25, 0.3) is 0 Å². The number of benzene rings is 1. The second-order valence-electron chi connectivity index (χ2n) is 7.15. The Labute approximate surface area is 159 Å². The van der Waals surface area contributed by atoms with Gasteiger partial charge in [0.2, 0.25) is 5.91 Å². The van der Waals surface area contributed by atoms with Gasteiger partial charge in [-0.05, 0) is 32.8 Å². The van der Waals surface area contributed by atoms with Crippen molar-refractivity contribution in [1.29, 1.82) is 0 Å². The van der Waals surface area contributed by atoms with Gasteiger partial charge in [-0.3, -0.25) is 9.59 Å². The lowest BCUT2D eigenvalue weighted by Crippen LogP contribution is -2.52. The number of ether oxygens (including phenoxy) is 2. The maximum atomic E-state index is 12.6. The van der Waals surface area contributed by atoms with Crippen LogP contribution in [-0.4, -0.2) is 54.5 Å². The summed E-state index contributed by atoms with van der Waals surface area (Å²) < 4.78 is 10.2. The molecular formula is C19H28N2O6. The minimum absolute atomic E-state index is 0.243. The standard InChI is InChI=1S/C19H28N2O6/c1-19(2,3)27-18(25)21-15(11-16(22)23)17(24)20-14(12-26-4)10-13-8-6-5-7-9-13/h5-9,14-15H,10-12H2,1-4H3,(H,20,24)(H,21,25)(H,22,23)/t14-,15+/m0/s1. The molecule has 0 fully saturated rings. The van der Waals surface area contributed by atoms with E-state index in [4.69, 9.17) is 14.6 Å².